The molecule has 0 aliphatic rings. The van der Waals surface area contributed by atoms with Gasteiger partial charge in [-0.1, -0.05) is 41.1 Å². The smallest absolute Gasteiger partial charge is 0.0591 e. The van der Waals surface area contributed by atoms with E-state index >= 15 is 0 Å². The molecule has 1 atom stereocenters. The Morgan fingerprint density at radius 1 is 1.17 bits per heavy atom. The molecule has 0 spiro atoms. The Morgan fingerprint density at radius 2 is 1.89 bits per heavy atom. The molecule has 1 unspecified atom stereocenters. The van der Waals surface area contributed by atoms with Crippen LogP contribution in [0.1, 0.15) is 29.7 Å². The van der Waals surface area contributed by atoms with Crippen LogP contribution in [0.2, 0.25) is 0 Å². The Balaban J connectivity index is 2.36. The number of benzene rings is 1. The van der Waals surface area contributed by atoms with Gasteiger partial charge in [0.2, 0.25) is 0 Å². The van der Waals surface area contributed by atoms with Crippen LogP contribution in [0.15, 0.2) is 47.2 Å². The molecule has 18 heavy (non-hydrogen) atoms. The fourth-order valence-corrected chi connectivity index (χ4v) is 2.29. The third-order valence-electron chi connectivity index (χ3n) is 2.84. The van der Waals surface area contributed by atoms with Crippen molar-refractivity contribution in [1.29, 1.82) is 0 Å². The molecular formula is C15H17BrN2. The second-order valence-corrected chi connectivity index (χ2v) is 5.25. The Morgan fingerprint density at radius 3 is 2.50 bits per heavy atom. The van der Waals surface area contributed by atoms with Crippen LogP contribution in [0.25, 0.3) is 0 Å². The third-order valence-corrected chi connectivity index (χ3v) is 3.37. The minimum Gasteiger partial charge on any atom is -0.306 e. The number of hydrogen-bond acceptors (Lipinski definition) is 2. The highest BCUT2D eigenvalue weighted by molar-refractivity contribution is 9.10. The first-order chi connectivity index (χ1) is 8.70. The summed E-state index contributed by atoms with van der Waals surface area (Å²) in [6, 6.07) is 10.8. The van der Waals surface area contributed by atoms with Crippen LogP contribution in [0.4, 0.5) is 0 Å². The molecule has 2 rings (SSSR count). The van der Waals surface area contributed by atoms with Crippen LogP contribution >= 0.6 is 15.9 Å². The molecule has 0 saturated carbocycles. The highest BCUT2D eigenvalue weighted by Crippen LogP contribution is 2.23. The van der Waals surface area contributed by atoms with E-state index in [-0.39, 0.29) is 6.04 Å². The van der Waals surface area contributed by atoms with E-state index in [0.29, 0.717) is 0 Å². The van der Waals surface area contributed by atoms with Gasteiger partial charge in [-0.25, -0.2) is 0 Å². The lowest BCUT2D eigenvalue weighted by atomic mass is 9.99. The van der Waals surface area contributed by atoms with Gasteiger partial charge in [-0.05, 0) is 42.3 Å². The molecule has 0 aliphatic heterocycles. The predicted octanol–water partition coefficient (Wildman–Crippen LogP) is 3.85. The summed E-state index contributed by atoms with van der Waals surface area (Å²) in [5.74, 6) is 0. The molecule has 0 amide bonds. The second-order valence-electron chi connectivity index (χ2n) is 4.34. The first-order valence-corrected chi connectivity index (χ1v) is 6.90. The Labute approximate surface area is 117 Å². The van der Waals surface area contributed by atoms with E-state index in [9.17, 15) is 0 Å². The first kappa shape index (κ1) is 13.2. The minimum absolute atomic E-state index is 0.204. The topological polar surface area (TPSA) is 24.9 Å². The Bertz CT molecular complexity index is 508. The van der Waals surface area contributed by atoms with Gasteiger partial charge in [0.05, 0.1) is 6.04 Å². The summed E-state index contributed by atoms with van der Waals surface area (Å²) >= 11 is 3.47. The molecule has 2 aromatic rings. The van der Waals surface area contributed by atoms with Gasteiger partial charge in [0.1, 0.15) is 0 Å². The lowest BCUT2D eigenvalue weighted by Gasteiger charge is -2.19. The molecule has 0 radical (unpaired) electrons. The van der Waals surface area contributed by atoms with E-state index in [4.69, 9.17) is 0 Å². The summed E-state index contributed by atoms with van der Waals surface area (Å²) in [7, 11) is 0. The molecule has 0 bridgehead atoms. The SMILES string of the molecule is CCNC(c1ccc(Br)cc1)c1cncc(C)c1. The van der Waals surface area contributed by atoms with Crippen LogP contribution in [0, 0.1) is 6.92 Å². The molecule has 0 fully saturated rings. The maximum absolute atomic E-state index is 4.28. The average molecular weight is 305 g/mol. The zero-order valence-electron chi connectivity index (χ0n) is 10.7. The van der Waals surface area contributed by atoms with Crippen LogP contribution in [0.3, 0.4) is 0 Å². The van der Waals surface area contributed by atoms with Crippen molar-refractivity contribution in [3.8, 4) is 0 Å². The number of pyridine rings is 1. The fourth-order valence-electron chi connectivity index (χ4n) is 2.02. The molecule has 3 heteroatoms. The number of nitrogens with one attached hydrogen (secondary N) is 1. The zero-order valence-corrected chi connectivity index (χ0v) is 12.2. The fraction of sp³-hybridized carbons (Fsp3) is 0.267. The maximum Gasteiger partial charge on any atom is 0.0591 e. The third kappa shape index (κ3) is 3.18. The number of halogens is 1. The molecule has 1 N–H and O–H groups in total. The van der Waals surface area contributed by atoms with Crippen molar-refractivity contribution in [3.05, 3.63) is 63.9 Å². The summed E-state index contributed by atoms with van der Waals surface area (Å²) in [5, 5.41) is 3.51. The maximum atomic E-state index is 4.28. The van der Waals surface area contributed by atoms with Gasteiger partial charge < -0.3 is 5.32 Å². The van der Waals surface area contributed by atoms with Gasteiger partial charge >= 0.3 is 0 Å². The van der Waals surface area contributed by atoms with E-state index in [1.54, 1.807) is 0 Å². The summed E-state index contributed by atoms with van der Waals surface area (Å²) in [4.78, 5) is 4.28. The molecule has 0 aliphatic carbocycles. The van der Waals surface area contributed by atoms with Gasteiger partial charge in [-0.3, -0.25) is 4.98 Å². The van der Waals surface area contributed by atoms with Gasteiger partial charge in [0.15, 0.2) is 0 Å². The van der Waals surface area contributed by atoms with Gasteiger partial charge in [-0.2, -0.15) is 0 Å². The van der Waals surface area contributed by atoms with E-state index < -0.39 is 0 Å². The van der Waals surface area contributed by atoms with Crippen LogP contribution in [-0.2, 0) is 0 Å². The van der Waals surface area contributed by atoms with E-state index in [2.05, 4.69) is 70.4 Å². The second kappa shape index (κ2) is 6.12. The molecule has 1 aromatic carbocycles. The molecule has 1 aromatic heterocycles. The highest BCUT2D eigenvalue weighted by atomic mass is 79.9. The van der Waals surface area contributed by atoms with Crippen LogP contribution in [0.5, 0.6) is 0 Å². The van der Waals surface area contributed by atoms with Crippen molar-refractivity contribution in [2.24, 2.45) is 0 Å². The zero-order chi connectivity index (χ0) is 13.0. The molecule has 2 nitrogen and oxygen atoms in total. The summed E-state index contributed by atoms with van der Waals surface area (Å²) in [6.07, 6.45) is 3.82. The average Bonchev–Trinajstić information content (AvgIpc) is 2.37. The largest absolute Gasteiger partial charge is 0.306 e. The number of hydrogen-bond donors (Lipinski definition) is 1. The minimum atomic E-state index is 0.204. The normalized spacial score (nSPS) is 12.4. The van der Waals surface area contributed by atoms with Crippen molar-refractivity contribution in [2.75, 3.05) is 6.54 Å². The lowest BCUT2D eigenvalue weighted by Crippen LogP contribution is -2.22. The number of rotatable bonds is 4. The van der Waals surface area contributed by atoms with E-state index in [1.807, 2.05) is 12.4 Å². The first-order valence-electron chi connectivity index (χ1n) is 6.11. The predicted molar refractivity (Wildman–Crippen MR) is 78.6 cm³/mol. The Hall–Kier alpha value is -1.19. The standard InChI is InChI=1S/C15H17BrN2/c1-3-18-15(12-4-6-14(16)7-5-12)13-8-11(2)9-17-10-13/h4-10,15,18H,3H2,1-2H3. The molecule has 0 saturated heterocycles. The monoisotopic (exact) mass is 304 g/mol. The van der Waals surface area contributed by atoms with Crippen molar-refractivity contribution in [3.63, 3.8) is 0 Å². The summed E-state index contributed by atoms with van der Waals surface area (Å²) < 4.78 is 1.10. The van der Waals surface area contributed by atoms with E-state index in [1.165, 1.54) is 16.7 Å². The lowest BCUT2D eigenvalue weighted by molar-refractivity contribution is 0.628. The van der Waals surface area contributed by atoms with Gasteiger partial charge in [0.25, 0.3) is 0 Å². The van der Waals surface area contributed by atoms with E-state index in [0.717, 1.165) is 11.0 Å². The number of nitrogens with zero attached hydrogens (tertiary/aromatic N) is 1. The number of aryl methyl sites for hydroxylation is 1. The van der Waals surface area contributed by atoms with Crippen molar-refractivity contribution < 1.29 is 0 Å². The van der Waals surface area contributed by atoms with Crippen molar-refractivity contribution >= 4 is 15.9 Å². The molecular weight excluding hydrogens is 288 g/mol. The van der Waals surface area contributed by atoms with Crippen molar-refractivity contribution in [2.45, 2.75) is 19.9 Å². The molecule has 94 valence electrons. The number of aromatic nitrogens is 1. The quantitative estimate of drug-likeness (QED) is 0.928. The van der Waals surface area contributed by atoms with Crippen LogP contribution in [-0.4, -0.2) is 11.5 Å². The Kier molecular flexibility index (Phi) is 4.50. The van der Waals surface area contributed by atoms with Crippen LogP contribution < -0.4 is 5.32 Å². The highest BCUT2D eigenvalue weighted by Gasteiger charge is 2.13. The van der Waals surface area contributed by atoms with Gasteiger partial charge in [-0.15, -0.1) is 0 Å². The molecule has 1 heterocycles. The van der Waals surface area contributed by atoms with Crippen molar-refractivity contribution in [1.82, 2.24) is 10.3 Å². The summed E-state index contributed by atoms with van der Waals surface area (Å²) in [5.41, 5.74) is 3.65. The summed E-state index contributed by atoms with van der Waals surface area (Å²) in [6.45, 7) is 5.12. The van der Waals surface area contributed by atoms with Gasteiger partial charge in [0, 0.05) is 16.9 Å².